The van der Waals surface area contributed by atoms with Gasteiger partial charge in [-0.25, -0.2) is 4.79 Å². The lowest BCUT2D eigenvalue weighted by Crippen LogP contribution is -2.49. The Morgan fingerprint density at radius 1 is 1.50 bits per heavy atom. The molecule has 2 heterocycles. The number of hydrogen-bond donors (Lipinski definition) is 2. The first-order chi connectivity index (χ1) is 4.88. The molecular formula is C6H11N3O. The highest BCUT2D eigenvalue weighted by Gasteiger charge is 2.31. The van der Waals surface area contributed by atoms with Crippen molar-refractivity contribution < 1.29 is 4.79 Å². The molecule has 0 radical (unpaired) electrons. The van der Waals surface area contributed by atoms with Crippen molar-refractivity contribution in [3.63, 3.8) is 0 Å². The number of carbonyl (C=O) groups excluding carboxylic acids is 1. The second-order valence-electron chi connectivity index (χ2n) is 2.74. The highest BCUT2D eigenvalue weighted by Crippen LogP contribution is 2.07. The van der Waals surface area contributed by atoms with Gasteiger partial charge in [0.15, 0.2) is 0 Å². The van der Waals surface area contributed by atoms with Gasteiger partial charge in [0.05, 0.1) is 6.04 Å². The zero-order valence-electron chi connectivity index (χ0n) is 5.76. The van der Waals surface area contributed by atoms with Crippen LogP contribution in [-0.2, 0) is 0 Å². The molecule has 0 spiro atoms. The summed E-state index contributed by atoms with van der Waals surface area (Å²) in [6.07, 6.45) is 0. The third-order valence-corrected chi connectivity index (χ3v) is 2.10. The average molecular weight is 141 g/mol. The van der Waals surface area contributed by atoms with Crippen molar-refractivity contribution in [1.82, 2.24) is 15.5 Å². The SMILES string of the molecule is O=C1NC[C@H]2CNCCN12. The molecule has 0 aliphatic carbocycles. The number of amides is 2. The Labute approximate surface area is 59.6 Å². The molecular weight excluding hydrogens is 130 g/mol. The summed E-state index contributed by atoms with van der Waals surface area (Å²) in [4.78, 5) is 12.9. The summed E-state index contributed by atoms with van der Waals surface area (Å²) < 4.78 is 0. The summed E-state index contributed by atoms with van der Waals surface area (Å²) in [5.41, 5.74) is 0. The highest BCUT2D eigenvalue weighted by atomic mass is 16.2. The lowest BCUT2D eigenvalue weighted by molar-refractivity contribution is 0.191. The average Bonchev–Trinajstić information content (AvgIpc) is 2.34. The number of piperazine rings is 1. The van der Waals surface area contributed by atoms with Gasteiger partial charge < -0.3 is 15.5 Å². The van der Waals surface area contributed by atoms with Crippen LogP contribution in [0.1, 0.15) is 0 Å². The van der Waals surface area contributed by atoms with E-state index in [2.05, 4.69) is 10.6 Å². The van der Waals surface area contributed by atoms with E-state index in [-0.39, 0.29) is 6.03 Å². The minimum Gasteiger partial charge on any atom is -0.336 e. The molecule has 0 bridgehead atoms. The molecule has 2 amide bonds. The molecule has 2 saturated heterocycles. The molecule has 2 N–H and O–H groups in total. The fraction of sp³-hybridized carbons (Fsp3) is 0.833. The monoisotopic (exact) mass is 141 g/mol. The molecule has 56 valence electrons. The first kappa shape index (κ1) is 5.97. The number of nitrogens with one attached hydrogen (secondary N) is 2. The highest BCUT2D eigenvalue weighted by molar-refractivity contribution is 5.77. The maximum atomic E-state index is 11.0. The number of nitrogens with zero attached hydrogens (tertiary/aromatic N) is 1. The van der Waals surface area contributed by atoms with Crippen LogP contribution in [0.15, 0.2) is 0 Å². The van der Waals surface area contributed by atoms with Crippen molar-refractivity contribution in [1.29, 1.82) is 0 Å². The van der Waals surface area contributed by atoms with Crippen LogP contribution in [0.3, 0.4) is 0 Å². The maximum Gasteiger partial charge on any atom is 0.317 e. The molecule has 10 heavy (non-hydrogen) atoms. The molecule has 1 atom stereocenters. The number of urea groups is 1. The van der Waals surface area contributed by atoms with Gasteiger partial charge >= 0.3 is 6.03 Å². The molecule has 2 aliphatic heterocycles. The Balaban J connectivity index is 2.08. The Morgan fingerprint density at radius 2 is 2.40 bits per heavy atom. The predicted octanol–water partition coefficient (Wildman–Crippen LogP) is -1.02. The molecule has 0 aromatic rings. The van der Waals surface area contributed by atoms with E-state index in [1.807, 2.05) is 4.90 Å². The van der Waals surface area contributed by atoms with Crippen LogP contribution in [0.2, 0.25) is 0 Å². The van der Waals surface area contributed by atoms with Gasteiger partial charge in [0, 0.05) is 26.2 Å². The Kier molecular flexibility index (Phi) is 1.27. The van der Waals surface area contributed by atoms with Crippen molar-refractivity contribution in [3.05, 3.63) is 0 Å². The van der Waals surface area contributed by atoms with Crippen molar-refractivity contribution in [3.8, 4) is 0 Å². The summed E-state index contributed by atoms with van der Waals surface area (Å²) in [7, 11) is 0. The van der Waals surface area contributed by atoms with Gasteiger partial charge in [-0.1, -0.05) is 0 Å². The van der Waals surface area contributed by atoms with E-state index in [4.69, 9.17) is 0 Å². The van der Waals surface area contributed by atoms with Gasteiger partial charge in [0.25, 0.3) is 0 Å². The van der Waals surface area contributed by atoms with Gasteiger partial charge in [-0.15, -0.1) is 0 Å². The fourth-order valence-electron chi connectivity index (χ4n) is 1.52. The predicted molar refractivity (Wildman–Crippen MR) is 36.8 cm³/mol. The largest absolute Gasteiger partial charge is 0.336 e. The Hall–Kier alpha value is -0.770. The van der Waals surface area contributed by atoms with E-state index in [9.17, 15) is 4.79 Å². The van der Waals surface area contributed by atoms with E-state index in [1.165, 1.54) is 0 Å². The molecule has 2 rings (SSSR count). The van der Waals surface area contributed by atoms with Gasteiger partial charge in [0.2, 0.25) is 0 Å². The van der Waals surface area contributed by atoms with Crippen LogP contribution < -0.4 is 10.6 Å². The fourth-order valence-corrected chi connectivity index (χ4v) is 1.52. The third-order valence-electron chi connectivity index (χ3n) is 2.10. The van der Waals surface area contributed by atoms with Crippen molar-refractivity contribution in [2.45, 2.75) is 6.04 Å². The number of carbonyl (C=O) groups is 1. The lowest BCUT2D eigenvalue weighted by Gasteiger charge is -2.28. The van der Waals surface area contributed by atoms with Gasteiger partial charge in [-0.3, -0.25) is 0 Å². The summed E-state index contributed by atoms with van der Waals surface area (Å²) in [5.74, 6) is 0. The number of fused-ring (bicyclic) bond motifs is 1. The smallest absolute Gasteiger partial charge is 0.317 e. The minimum absolute atomic E-state index is 0.103. The van der Waals surface area contributed by atoms with Crippen LogP contribution >= 0.6 is 0 Å². The Bertz CT molecular complexity index is 159. The Morgan fingerprint density at radius 3 is 3.20 bits per heavy atom. The van der Waals surface area contributed by atoms with Crippen LogP contribution in [0.25, 0.3) is 0 Å². The molecule has 0 aromatic carbocycles. The van der Waals surface area contributed by atoms with Gasteiger partial charge in [-0.2, -0.15) is 0 Å². The van der Waals surface area contributed by atoms with E-state index in [0.29, 0.717) is 6.04 Å². The van der Waals surface area contributed by atoms with Crippen LogP contribution in [0.5, 0.6) is 0 Å². The van der Waals surface area contributed by atoms with Crippen LogP contribution in [0.4, 0.5) is 4.79 Å². The quantitative estimate of drug-likeness (QED) is 0.453. The molecule has 2 fully saturated rings. The molecule has 0 saturated carbocycles. The van der Waals surface area contributed by atoms with E-state index in [1.54, 1.807) is 0 Å². The lowest BCUT2D eigenvalue weighted by atomic mass is 10.2. The molecule has 2 aliphatic rings. The second-order valence-corrected chi connectivity index (χ2v) is 2.74. The zero-order chi connectivity index (χ0) is 6.97. The molecule has 0 aromatic heterocycles. The topological polar surface area (TPSA) is 44.4 Å². The zero-order valence-corrected chi connectivity index (χ0v) is 5.76. The van der Waals surface area contributed by atoms with E-state index >= 15 is 0 Å². The molecule has 0 unspecified atom stereocenters. The molecule has 4 heteroatoms. The van der Waals surface area contributed by atoms with Crippen molar-refractivity contribution in [2.75, 3.05) is 26.2 Å². The standard InChI is InChI=1S/C6H11N3O/c10-6-8-4-5-3-7-1-2-9(5)6/h5,7H,1-4H2,(H,8,10)/t5-/m1/s1. The van der Waals surface area contributed by atoms with Gasteiger partial charge in [0.1, 0.15) is 0 Å². The van der Waals surface area contributed by atoms with E-state index < -0.39 is 0 Å². The summed E-state index contributed by atoms with van der Waals surface area (Å²) in [5, 5.41) is 6.05. The number of rotatable bonds is 0. The third kappa shape index (κ3) is 0.759. The van der Waals surface area contributed by atoms with Crippen molar-refractivity contribution >= 4 is 6.03 Å². The number of hydrogen-bond acceptors (Lipinski definition) is 2. The first-order valence-electron chi connectivity index (χ1n) is 3.63. The van der Waals surface area contributed by atoms with Crippen LogP contribution in [-0.4, -0.2) is 43.2 Å². The van der Waals surface area contributed by atoms with E-state index in [0.717, 1.165) is 26.2 Å². The minimum atomic E-state index is 0.103. The second kappa shape index (κ2) is 2.12. The summed E-state index contributed by atoms with van der Waals surface area (Å²) in [6.45, 7) is 3.55. The van der Waals surface area contributed by atoms with Crippen molar-refractivity contribution in [2.24, 2.45) is 0 Å². The maximum absolute atomic E-state index is 11.0. The molecule has 4 nitrogen and oxygen atoms in total. The summed E-state index contributed by atoms with van der Waals surface area (Å²) in [6, 6.07) is 0.507. The first-order valence-corrected chi connectivity index (χ1v) is 3.63. The van der Waals surface area contributed by atoms with Crippen LogP contribution in [0, 0.1) is 0 Å². The normalized spacial score (nSPS) is 31.8. The summed E-state index contributed by atoms with van der Waals surface area (Å²) >= 11 is 0. The van der Waals surface area contributed by atoms with Gasteiger partial charge in [-0.05, 0) is 0 Å².